The third kappa shape index (κ3) is 4.83. The van der Waals surface area contributed by atoms with E-state index in [0.717, 1.165) is 17.7 Å². The Morgan fingerprint density at radius 1 is 1.00 bits per heavy atom. The summed E-state index contributed by atoms with van der Waals surface area (Å²) in [5.41, 5.74) is 1.05. The first-order chi connectivity index (χ1) is 11.4. The molecule has 1 amide bonds. The number of carbonyl (C=O) groups is 1. The largest absolute Gasteiger partial charge is 0.325 e. The lowest BCUT2D eigenvalue weighted by molar-refractivity contribution is -0.115. The molecule has 0 saturated heterocycles. The highest BCUT2D eigenvalue weighted by atomic mass is 19.2. The monoisotopic (exact) mass is 336 g/mol. The summed E-state index contributed by atoms with van der Waals surface area (Å²) in [4.78, 5) is 12.0. The Bertz CT molecular complexity index is 702. The Labute approximate surface area is 138 Å². The second-order valence-corrected chi connectivity index (χ2v) is 5.83. The molecule has 2 aromatic rings. The Morgan fingerprint density at radius 2 is 1.67 bits per heavy atom. The number of hydrogen-bond donors (Lipinski definition) is 2. The van der Waals surface area contributed by atoms with Gasteiger partial charge in [-0.15, -0.1) is 0 Å². The summed E-state index contributed by atoms with van der Waals surface area (Å²) < 4.78 is 39.0. The van der Waals surface area contributed by atoms with Gasteiger partial charge in [-0.2, -0.15) is 0 Å². The molecule has 0 saturated carbocycles. The average molecular weight is 336 g/mol. The molecule has 0 aliphatic rings. The van der Waals surface area contributed by atoms with Crippen molar-refractivity contribution in [2.45, 2.75) is 19.9 Å². The number of rotatable bonds is 6. The zero-order valence-electron chi connectivity index (χ0n) is 13.4. The van der Waals surface area contributed by atoms with E-state index in [-0.39, 0.29) is 35.9 Å². The molecular weight excluding hydrogens is 317 g/mol. The first kappa shape index (κ1) is 18.0. The molecule has 3 nitrogen and oxygen atoms in total. The van der Waals surface area contributed by atoms with Gasteiger partial charge in [-0.1, -0.05) is 26.0 Å². The van der Waals surface area contributed by atoms with Crippen molar-refractivity contribution in [2.24, 2.45) is 5.92 Å². The van der Waals surface area contributed by atoms with E-state index in [2.05, 4.69) is 10.6 Å². The number of hydrogen-bond acceptors (Lipinski definition) is 2. The molecule has 128 valence electrons. The van der Waals surface area contributed by atoms with E-state index in [0.29, 0.717) is 0 Å². The standard InChI is InChI=1S/C18H19F3N2O/c1-11(2)18(12-3-5-13(19)6-4-12)22-10-17(24)23-14-7-8-15(20)16(21)9-14/h3-9,11,18,22H,10H2,1-2H3,(H,23,24)/t18-/m1/s1. The van der Waals surface area contributed by atoms with Gasteiger partial charge in [0, 0.05) is 17.8 Å². The lowest BCUT2D eigenvalue weighted by Gasteiger charge is -2.22. The summed E-state index contributed by atoms with van der Waals surface area (Å²) in [6, 6.07) is 9.10. The summed E-state index contributed by atoms with van der Waals surface area (Å²) in [6.45, 7) is 3.95. The van der Waals surface area contributed by atoms with Crippen LogP contribution >= 0.6 is 0 Å². The predicted octanol–water partition coefficient (Wildman–Crippen LogP) is 4.03. The minimum absolute atomic E-state index is 0.0147. The van der Waals surface area contributed by atoms with Crippen LogP contribution in [-0.2, 0) is 4.79 Å². The second-order valence-electron chi connectivity index (χ2n) is 5.83. The van der Waals surface area contributed by atoms with Crippen LogP contribution in [0, 0.1) is 23.4 Å². The number of amides is 1. The maximum absolute atomic E-state index is 13.1. The molecule has 2 N–H and O–H groups in total. The highest BCUT2D eigenvalue weighted by Gasteiger charge is 2.17. The van der Waals surface area contributed by atoms with Crippen molar-refractivity contribution in [3.63, 3.8) is 0 Å². The minimum Gasteiger partial charge on any atom is -0.325 e. The van der Waals surface area contributed by atoms with E-state index in [4.69, 9.17) is 0 Å². The van der Waals surface area contributed by atoms with Crippen LogP contribution < -0.4 is 10.6 Å². The fraction of sp³-hybridized carbons (Fsp3) is 0.278. The van der Waals surface area contributed by atoms with Gasteiger partial charge in [0.2, 0.25) is 5.91 Å². The van der Waals surface area contributed by atoms with E-state index >= 15 is 0 Å². The number of nitrogens with one attached hydrogen (secondary N) is 2. The molecule has 0 spiro atoms. The molecule has 0 radical (unpaired) electrons. The molecule has 0 aliphatic heterocycles. The topological polar surface area (TPSA) is 41.1 Å². The fourth-order valence-corrected chi connectivity index (χ4v) is 2.39. The number of carbonyl (C=O) groups excluding carboxylic acids is 1. The highest BCUT2D eigenvalue weighted by Crippen LogP contribution is 2.21. The number of anilines is 1. The zero-order valence-corrected chi connectivity index (χ0v) is 13.4. The van der Waals surface area contributed by atoms with Gasteiger partial charge in [0.1, 0.15) is 5.82 Å². The number of halogens is 3. The van der Waals surface area contributed by atoms with E-state index in [1.165, 1.54) is 18.2 Å². The van der Waals surface area contributed by atoms with Gasteiger partial charge in [-0.3, -0.25) is 4.79 Å². The van der Waals surface area contributed by atoms with Crippen LogP contribution in [0.1, 0.15) is 25.5 Å². The molecule has 0 heterocycles. The maximum Gasteiger partial charge on any atom is 0.238 e. The Balaban J connectivity index is 1.97. The molecule has 0 bridgehead atoms. The fourth-order valence-electron chi connectivity index (χ4n) is 2.39. The van der Waals surface area contributed by atoms with Gasteiger partial charge in [0.05, 0.1) is 6.54 Å². The smallest absolute Gasteiger partial charge is 0.238 e. The van der Waals surface area contributed by atoms with Crippen molar-refractivity contribution < 1.29 is 18.0 Å². The molecule has 2 rings (SSSR count). The van der Waals surface area contributed by atoms with Crippen LogP contribution in [0.3, 0.4) is 0 Å². The molecule has 24 heavy (non-hydrogen) atoms. The summed E-state index contributed by atoms with van der Waals surface area (Å²) in [5.74, 6) is -2.52. The van der Waals surface area contributed by atoms with Crippen LogP contribution in [0.4, 0.5) is 18.9 Å². The first-order valence-electron chi connectivity index (χ1n) is 7.60. The first-order valence-corrected chi connectivity index (χ1v) is 7.60. The van der Waals surface area contributed by atoms with Crippen molar-refractivity contribution in [2.75, 3.05) is 11.9 Å². The Hall–Kier alpha value is -2.34. The van der Waals surface area contributed by atoms with Crippen molar-refractivity contribution in [1.29, 1.82) is 0 Å². The molecule has 0 aromatic heterocycles. The zero-order chi connectivity index (χ0) is 17.7. The van der Waals surface area contributed by atoms with Gasteiger partial charge in [-0.05, 0) is 35.7 Å². The Kier molecular flexibility index (Phi) is 5.98. The lowest BCUT2D eigenvalue weighted by atomic mass is 9.96. The summed E-state index contributed by atoms with van der Waals surface area (Å²) >= 11 is 0. The molecule has 1 atom stereocenters. The quantitative estimate of drug-likeness (QED) is 0.836. The van der Waals surface area contributed by atoms with Gasteiger partial charge >= 0.3 is 0 Å². The molecule has 0 fully saturated rings. The van der Waals surface area contributed by atoms with Crippen molar-refractivity contribution in [3.8, 4) is 0 Å². The van der Waals surface area contributed by atoms with Gasteiger partial charge < -0.3 is 10.6 Å². The van der Waals surface area contributed by atoms with Crippen molar-refractivity contribution in [1.82, 2.24) is 5.32 Å². The summed E-state index contributed by atoms with van der Waals surface area (Å²) in [5, 5.41) is 5.60. The predicted molar refractivity (Wildman–Crippen MR) is 87.0 cm³/mol. The van der Waals surface area contributed by atoms with Crippen LogP contribution in [0.15, 0.2) is 42.5 Å². The van der Waals surface area contributed by atoms with E-state index in [1.807, 2.05) is 13.8 Å². The van der Waals surface area contributed by atoms with E-state index < -0.39 is 11.6 Å². The molecule has 0 unspecified atom stereocenters. The highest BCUT2D eigenvalue weighted by molar-refractivity contribution is 5.92. The molecule has 0 aliphatic carbocycles. The number of benzene rings is 2. The lowest BCUT2D eigenvalue weighted by Crippen LogP contribution is -2.33. The summed E-state index contributed by atoms with van der Waals surface area (Å²) in [7, 11) is 0. The van der Waals surface area contributed by atoms with E-state index in [9.17, 15) is 18.0 Å². The Morgan fingerprint density at radius 3 is 2.25 bits per heavy atom. The third-order valence-corrected chi connectivity index (χ3v) is 3.58. The van der Waals surface area contributed by atoms with Gasteiger partial charge in [-0.25, -0.2) is 13.2 Å². The van der Waals surface area contributed by atoms with Crippen molar-refractivity contribution in [3.05, 3.63) is 65.5 Å². The second kappa shape index (κ2) is 7.97. The molecular formula is C18H19F3N2O. The SMILES string of the molecule is CC(C)[C@@H](NCC(=O)Nc1ccc(F)c(F)c1)c1ccc(F)cc1. The van der Waals surface area contributed by atoms with Gasteiger partial charge in [0.25, 0.3) is 0 Å². The average Bonchev–Trinajstić information content (AvgIpc) is 2.52. The van der Waals surface area contributed by atoms with E-state index in [1.54, 1.807) is 12.1 Å². The van der Waals surface area contributed by atoms with Crippen molar-refractivity contribution >= 4 is 11.6 Å². The van der Waals surface area contributed by atoms with Crippen LogP contribution in [0.5, 0.6) is 0 Å². The van der Waals surface area contributed by atoms with Crippen LogP contribution in [0.25, 0.3) is 0 Å². The molecule has 2 aromatic carbocycles. The normalized spacial score (nSPS) is 12.2. The van der Waals surface area contributed by atoms with Gasteiger partial charge in [0.15, 0.2) is 11.6 Å². The minimum atomic E-state index is -1.02. The third-order valence-electron chi connectivity index (χ3n) is 3.58. The molecule has 6 heteroatoms. The summed E-state index contributed by atoms with van der Waals surface area (Å²) in [6.07, 6.45) is 0. The van der Waals surface area contributed by atoms with Crippen LogP contribution in [0.2, 0.25) is 0 Å². The van der Waals surface area contributed by atoms with Crippen LogP contribution in [-0.4, -0.2) is 12.5 Å². The maximum atomic E-state index is 13.1.